The van der Waals surface area contributed by atoms with Gasteiger partial charge < -0.3 is 15.0 Å². The molecule has 1 aliphatic rings. The lowest BCUT2D eigenvalue weighted by Crippen LogP contribution is -2.55. The van der Waals surface area contributed by atoms with E-state index in [9.17, 15) is 4.79 Å². The monoisotopic (exact) mass is 242 g/mol. The number of rotatable bonds is 6. The van der Waals surface area contributed by atoms with Crippen LogP contribution in [-0.2, 0) is 9.53 Å². The highest BCUT2D eigenvalue weighted by Crippen LogP contribution is 2.25. The molecule has 1 saturated heterocycles. The van der Waals surface area contributed by atoms with E-state index >= 15 is 0 Å². The van der Waals surface area contributed by atoms with Gasteiger partial charge >= 0.3 is 0 Å². The second kappa shape index (κ2) is 6.97. The van der Waals surface area contributed by atoms with Gasteiger partial charge in [0.1, 0.15) is 5.60 Å². The van der Waals surface area contributed by atoms with Crippen LogP contribution in [0.15, 0.2) is 0 Å². The first-order valence-corrected chi connectivity index (χ1v) is 6.75. The zero-order valence-electron chi connectivity index (χ0n) is 11.4. The van der Waals surface area contributed by atoms with Crippen LogP contribution in [-0.4, -0.2) is 49.7 Å². The number of nitrogens with zero attached hydrogens (tertiary/aromatic N) is 1. The number of nitrogens with one attached hydrogen (secondary N) is 1. The molecule has 0 saturated carbocycles. The van der Waals surface area contributed by atoms with Gasteiger partial charge in [-0.25, -0.2) is 0 Å². The predicted molar refractivity (Wildman–Crippen MR) is 69.0 cm³/mol. The summed E-state index contributed by atoms with van der Waals surface area (Å²) in [6, 6.07) is 0. The summed E-state index contributed by atoms with van der Waals surface area (Å²) in [6.07, 6.45) is 3.75. The Morgan fingerprint density at radius 1 is 1.35 bits per heavy atom. The summed E-state index contributed by atoms with van der Waals surface area (Å²) in [5, 5.41) is 3.28. The smallest absolute Gasteiger partial charge is 0.254 e. The van der Waals surface area contributed by atoms with Crippen molar-refractivity contribution in [2.24, 2.45) is 0 Å². The van der Waals surface area contributed by atoms with Crippen molar-refractivity contribution >= 4 is 5.91 Å². The van der Waals surface area contributed by atoms with E-state index in [-0.39, 0.29) is 5.91 Å². The van der Waals surface area contributed by atoms with E-state index in [1.165, 1.54) is 0 Å². The maximum Gasteiger partial charge on any atom is 0.254 e. The Balaban J connectivity index is 2.68. The molecule has 0 aromatic carbocycles. The van der Waals surface area contributed by atoms with E-state index in [0.717, 1.165) is 51.9 Å². The van der Waals surface area contributed by atoms with Gasteiger partial charge in [-0.2, -0.15) is 0 Å². The summed E-state index contributed by atoms with van der Waals surface area (Å²) >= 11 is 0. The molecule has 0 atom stereocenters. The lowest BCUT2D eigenvalue weighted by Gasteiger charge is -2.38. The van der Waals surface area contributed by atoms with Gasteiger partial charge in [0.05, 0.1) is 0 Å². The van der Waals surface area contributed by atoms with E-state index in [2.05, 4.69) is 12.2 Å². The van der Waals surface area contributed by atoms with E-state index in [1.54, 1.807) is 7.11 Å². The van der Waals surface area contributed by atoms with Crippen LogP contribution in [0.5, 0.6) is 0 Å². The zero-order valence-corrected chi connectivity index (χ0v) is 11.4. The molecule has 0 aromatic heterocycles. The lowest BCUT2D eigenvalue weighted by molar-refractivity contribution is -0.158. The maximum absolute atomic E-state index is 12.6. The van der Waals surface area contributed by atoms with E-state index < -0.39 is 5.60 Å². The molecule has 100 valence electrons. The molecule has 1 heterocycles. The van der Waals surface area contributed by atoms with E-state index in [4.69, 9.17) is 4.74 Å². The third-order valence-corrected chi connectivity index (χ3v) is 3.64. The molecule has 1 aliphatic heterocycles. The van der Waals surface area contributed by atoms with Crippen LogP contribution in [0.25, 0.3) is 0 Å². The molecule has 17 heavy (non-hydrogen) atoms. The van der Waals surface area contributed by atoms with E-state index in [1.807, 2.05) is 11.8 Å². The Bertz CT molecular complexity index is 238. The summed E-state index contributed by atoms with van der Waals surface area (Å²) in [5.74, 6) is 0.178. The molecule has 1 fully saturated rings. The van der Waals surface area contributed by atoms with Crippen molar-refractivity contribution in [2.45, 2.75) is 45.1 Å². The van der Waals surface area contributed by atoms with Crippen molar-refractivity contribution in [3.63, 3.8) is 0 Å². The van der Waals surface area contributed by atoms with Gasteiger partial charge in [0.25, 0.3) is 5.91 Å². The predicted octanol–water partition coefficient (Wildman–Crippen LogP) is 1.40. The largest absolute Gasteiger partial charge is 0.368 e. The average Bonchev–Trinajstić information content (AvgIpc) is 2.40. The van der Waals surface area contributed by atoms with Crippen LogP contribution >= 0.6 is 0 Å². The fraction of sp³-hybridized carbons (Fsp3) is 0.923. The summed E-state index contributed by atoms with van der Waals surface area (Å²) in [6.45, 7) is 7.55. The Hall–Kier alpha value is -0.610. The molecule has 0 aromatic rings. The minimum Gasteiger partial charge on any atom is -0.368 e. The number of carbonyl (C=O) groups is 1. The van der Waals surface area contributed by atoms with Crippen molar-refractivity contribution < 1.29 is 9.53 Å². The standard InChI is InChI=1S/C13H26N2O2/c1-4-6-11-15(5-2)12(16)13(17-3)7-9-14-10-8-13/h14H,4-11H2,1-3H3. The maximum atomic E-state index is 12.6. The van der Waals surface area contributed by atoms with Crippen molar-refractivity contribution in [2.75, 3.05) is 33.3 Å². The first-order chi connectivity index (χ1) is 8.20. The lowest BCUT2D eigenvalue weighted by atomic mass is 9.90. The SMILES string of the molecule is CCCCN(CC)C(=O)C1(OC)CCNCC1. The molecule has 1 N–H and O–H groups in total. The minimum atomic E-state index is -0.574. The summed E-state index contributed by atoms with van der Waals surface area (Å²) in [5.41, 5.74) is -0.574. The third kappa shape index (κ3) is 3.42. The molecular weight excluding hydrogens is 216 g/mol. The summed E-state index contributed by atoms with van der Waals surface area (Å²) in [4.78, 5) is 14.5. The van der Waals surface area contributed by atoms with Crippen LogP contribution < -0.4 is 5.32 Å². The molecule has 1 amide bonds. The quantitative estimate of drug-likeness (QED) is 0.765. The number of hydrogen-bond acceptors (Lipinski definition) is 3. The number of unbranched alkanes of at least 4 members (excludes halogenated alkanes) is 1. The van der Waals surface area contributed by atoms with Crippen LogP contribution in [0.1, 0.15) is 39.5 Å². The first-order valence-electron chi connectivity index (χ1n) is 6.75. The van der Waals surface area contributed by atoms with Crippen LogP contribution in [0, 0.1) is 0 Å². The highest BCUT2D eigenvalue weighted by Gasteiger charge is 2.41. The third-order valence-electron chi connectivity index (χ3n) is 3.64. The van der Waals surface area contributed by atoms with Crippen LogP contribution in [0.2, 0.25) is 0 Å². The number of piperidine rings is 1. The van der Waals surface area contributed by atoms with Gasteiger partial charge in [-0.15, -0.1) is 0 Å². The summed E-state index contributed by atoms with van der Waals surface area (Å²) < 4.78 is 5.57. The highest BCUT2D eigenvalue weighted by atomic mass is 16.5. The fourth-order valence-electron chi connectivity index (χ4n) is 2.38. The fourth-order valence-corrected chi connectivity index (χ4v) is 2.38. The molecular formula is C13H26N2O2. The number of hydrogen-bond donors (Lipinski definition) is 1. The Morgan fingerprint density at radius 3 is 2.47 bits per heavy atom. The Kier molecular flexibility index (Phi) is 5.92. The number of ether oxygens (including phenoxy) is 1. The first kappa shape index (κ1) is 14.5. The average molecular weight is 242 g/mol. The summed E-state index contributed by atoms with van der Waals surface area (Å²) in [7, 11) is 1.66. The highest BCUT2D eigenvalue weighted by molar-refractivity contribution is 5.85. The van der Waals surface area contributed by atoms with Gasteiger partial charge in [-0.1, -0.05) is 13.3 Å². The number of amides is 1. The Labute approximate surface area is 105 Å². The van der Waals surface area contributed by atoms with Crippen molar-refractivity contribution in [3.05, 3.63) is 0 Å². The molecule has 0 spiro atoms. The number of carbonyl (C=O) groups excluding carboxylic acids is 1. The Morgan fingerprint density at radius 2 is 2.00 bits per heavy atom. The van der Waals surface area contributed by atoms with Crippen molar-refractivity contribution in [3.8, 4) is 0 Å². The molecule has 0 aliphatic carbocycles. The van der Waals surface area contributed by atoms with Gasteiger partial charge in [-0.05, 0) is 39.3 Å². The molecule has 4 heteroatoms. The van der Waals surface area contributed by atoms with Gasteiger partial charge in [0.15, 0.2) is 0 Å². The normalized spacial score (nSPS) is 19.0. The molecule has 0 bridgehead atoms. The van der Waals surface area contributed by atoms with Crippen LogP contribution in [0.3, 0.4) is 0 Å². The number of methoxy groups -OCH3 is 1. The molecule has 1 rings (SSSR count). The zero-order chi connectivity index (χ0) is 12.7. The van der Waals surface area contributed by atoms with Gasteiger partial charge in [0, 0.05) is 20.2 Å². The number of likely N-dealkylation sites (N-methyl/N-ethyl adjacent to an activating group) is 1. The molecule has 0 radical (unpaired) electrons. The molecule has 4 nitrogen and oxygen atoms in total. The van der Waals surface area contributed by atoms with Crippen molar-refractivity contribution in [1.82, 2.24) is 10.2 Å². The van der Waals surface area contributed by atoms with E-state index in [0.29, 0.717) is 0 Å². The second-order valence-electron chi connectivity index (χ2n) is 4.69. The second-order valence-corrected chi connectivity index (χ2v) is 4.69. The van der Waals surface area contributed by atoms with Gasteiger partial charge in [0.2, 0.25) is 0 Å². The van der Waals surface area contributed by atoms with Crippen molar-refractivity contribution in [1.29, 1.82) is 0 Å². The minimum absolute atomic E-state index is 0.178. The van der Waals surface area contributed by atoms with Gasteiger partial charge in [-0.3, -0.25) is 4.79 Å². The topological polar surface area (TPSA) is 41.6 Å². The van der Waals surface area contributed by atoms with Crippen LogP contribution in [0.4, 0.5) is 0 Å². The molecule has 0 unspecified atom stereocenters.